The van der Waals surface area contributed by atoms with E-state index in [-0.39, 0.29) is 6.10 Å². The molecule has 2 aliphatic rings. The van der Waals surface area contributed by atoms with Gasteiger partial charge in [-0.15, -0.1) is 0 Å². The van der Waals surface area contributed by atoms with E-state index in [1.165, 1.54) is 0 Å². The molecule has 1 aromatic rings. The molecule has 1 aliphatic carbocycles. The molecule has 1 saturated heterocycles. The monoisotopic (exact) mass is 371 g/mol. The van der Waals surface area contributed by atoms with Crippen LogP contribution in [-0.4, -0.2) is 46.0 Å². The molecule has 0 aromatic carbocycles. The lowest BCUT2D eigenvalue weighted by molar-refractivity contribution is 0.0195. The Kier molecular flexibility index (Phi) is 4.84. The van der Waals surface area contributed by atoms with Crippen molar-refractivity contribution in [2.24, 2.45) is 0 Å². The molecule has 7 heteroatoms. The fraction of sp³-hybridized carbons (Fsp3) is 0.733. The molecule has 0 radical (unpaired) electrons. The molecule has 1 aromatic heterocycles. The van der Waals surface area contributed by atoms with Gasteiger partial charge in [0.2, 0.25) is 11.8 Å². The molecule has 22 heavy (non-hydrogen) atoms. The van der Waals surface area contributed by atoms with Crippen molar-refractivity contribution in [3.8, 4) is 5.88 Å². The molecule has 3 rings (SSSR count). The molecular formula is C15H22BrN3O3. The molecule has 1 unspecified atom stereocenters. The number of rotatable bonds is 4. The fourth-order valence-electron chi connectivity index (χ4n) is 2.83. The number of aromatic nitrogens is 2. The van der Waals surface area contributed by atoms with E-state index in [2.05, 4.69) is 31.2 Å². The topological polar surface area (TPSA) is 76.5 Å². The van der Waals surface area contributed by atoms with E-state index in [0.717, 1.165) is 43.2 Å². The Balaban J connectivity index is 1.62. The number of anilines is 1. The Hall–Kier alpha value is -0.920. The van der Waals surface area contributed by atoms with Gasteiger partial charge in [0.1, 0.15) is 6.10 Å². The van der Waals surface area contributed by atoms with E-state index in [1.807, 2.05) is 6.92 Å². The number of aliphatic hydroxyl groups is 1. The third-order valence-corrected chi connectivity index (χ3v) is 4.82. The van der Waals surface area contributed by atoms with Crippen molar-refractivity contribution in [3.63, 3.8) is 0 Å². The summed E-state index contributed by atoms with van der Waals surface area (Å²) in [6.45, 7) is 3.24. The Morgan fingerprint density at radius 1 is 1.41 bits per heavy atom. The van der Waals surface area contributed by atoms with E-state index in [1.54, 1.807) is 6.20 Å². The number of nitrogens with one attached hydrogen (secondary N) is 1. The van der Waals surface area contributed by atoms with Crippen LogP contribution in [0.1, 0.15) is 39.0 Å². The van der Waals surface area contributed by atoms with Crippen LogP contribution in [0.2, 0.25) is 0 Å². The average Bonchev–Trinajstić information content (AvgIpc) is 2.98. The third-order valence-electron chi connectivity index (χ3n) is 4.27. The molecule has 1 aliphatic heterocycles. The number of nitrogens with zero attached hydrogens (tertiary/aromatic N) is 2. The molecular weight excluding hydrogens is 350 g/mol. The van der Waals surface area contributed by atoms with Gasteiger partial charge in [-0.1, -0.05) is 0 Å². The highest BCUT2D eigenvalue weighted by Gasteiger charge is 2.29. The summed E-state index contributed by atoms with van der Waals surface area (Å²) in [5.41, 5.74) is -0.532. The van der Waals surface area contributed by atoms with Crippen molar-refractivity contribution in [2.75, 3.05) is 18.5 Å². The van der Waals surface area contributed by atoms with Crippen molar-refractivity contribution < 1.29 is 14.6 Å². The van der Waals surface area contributed by atoms with Gasteiger partial charge in [-0.3, -0.25) is 0 Å². The zero-order valence-corrected chi connectivity index (χ0v) is 14.3. The highest BCUT2D eigenvalue weighted by molar-refractivity contribution is 9.10. The van der Waals surface area contributed by atoms with E-state index in [4.69, 9.17) is 9.47 Å². The molecule has 0 bridgehead atoms. The first-order valence-electron chi connectivity index (χ1n) is 7.78. The molecule has 0 spiro atoms. The largest absolute Gasteiger partial charge is 0.471 e. The molecule has 2 heterocycles. The summed E-state index contributed by atoms with van der Waals surface area (Å²) in [4.78, 5) is 8.76. The number of halogens is 1. The second kappa shape index (κ2) is 6.68. The van der Waals surface area contributed by atoms with E-state index >= 15 is 0 Å². The lowest BCUT2D eigenvalue weighted by Crippen LogP contribution is -2.36. The second-order valence-corrected chi connectivity index (χ2v) is 7.22. The lowest BCUT2D eigenvalue weighted by Gasteiger charge is -2.33. The van der Waals surface area contributed by atoms with Crippen LogP contribution in [0.25, 0.3) is 0 Å². The van der Waals surface area contributed by atoms with Gasteiger partial charge in [0.05, 0.1) is 29.5 Å². The Bertz CT molecular complexity index is 511. The minimum absolute atomic E-state index is 0.0591. The average molecular weight is 372 g/mol. The molecule has 122 valence electrons. The standard InChI is InChI=1S/C15H22BrN3O3/c1-15(20)5-2-10(3-6-15)18-14-17-8-12(16)13(19-14)22-11-4-7-21-9-11/h8,10-11,20H,2-7,9H2,1H3,(H,17,18,19). The normalized spacial score (nSPS) is 32.0. The van der Waals surface area contributed by atoms with Crippen molar-refractivity contribution in [2.45, 2.75) is 56.8 Å². The highest BCUT2D eigenvalue weighted by Crippen LogP contribution is 2.30. The summed E-state index contributed by atoms with van der Waals surface area (Å²) in [5.74, 6) is 1.12. The van der Waals surface area contributed by atoms with Crippen LogP contribution >= 0.6 is 15.9 Å². The number of hydrogen-bond donors (Lipinski definition) is 2. The van der Waals surface area contributed by atoms with Crippen LogP contribution in [0.4, 0.5) is 5.95 Å². The smallest absolute Gasteiger partial charge is 0.233 e. The first-order chi connectivity index (χ1) is 10.5. The fourth-order valence-corrected chi connectivity index (χ4v) is 3.12. The van der Waals surface area contributed by atoms with Crippen LogP contribution in [-0.2, 0) is 4.74 Å². The summed E-state index contributed by atoms with van der Waals surface area (Å²) in [7, 11) is 0. The van der Waals surface area contributed by atoms with Crippen molar-refractivity contribution in [3.05, 3.63) is 10.7 Å². The zero-order chi connectivity index (χ0) is 15.6. The highest BCUT2D eigenvalue weighted by atomic mass is 79.9. The van der Waals surface area contributed by atoms with E-state index < -0.39 is 5.60 Å². The van der Waals surface area contributed by atoms with Crippen molar-refractivity contribution in [1.29, 1.82) is 0 Å². The maximum Gasteiger partial charge on any atom is 0.233 e. The van der Waals surface area contributed by atoms with Gasteiger partial charge in [-0.2, -0.15) is 4.98 Å². The van der Waals surface area contributed by atoms with Crippen LogP contribution in [0.15, 0.2) is 10.7 Å². The first kappa shape index (κ1) is 16.0. The van der Waals surface area contributed by atoms with Gasteiger partial charge in [0, 0.05) is 12.5 Å². The molecule has 0 amide bonds. The first-order valence-corrected chi connectivity index (χ1v) is 8.57. The summed E-state index contributed by atoms with van der Waals surface area (Å²) in [6.07, 6.45) is 6.08. The predicted octanol–water partition coefficient (Wildman–Crippen LogP) is 2.51. The Labute approximate surface area is 138 Å². The van der Waals surface area contributed by atoms with Crippen LogP contribution in [0.3, 0.4) is 0 Å². The number of ether oxygens (including phenoxy) is 2. The molecule has 6 nitrogen and oxygen atoms in total. The summed E-state index contributed by atoms with van der Waals surface area (Å²) in [5, 5.41) is 13.3. The maximum absolute atomic E-state index is 10.0. The lowest BCUT2D eigenvalue weighted by atomic mass is 9.84. The summed E-state index contributed by atoms with van der Waals surface area (Å²) < 4.78 is 11.9. The van der Waals surface area contributed by atoms with Crippen LogP contribution in [0.5, 0.6) is 5.88 Å². The Morgan fingerprint density at radius 3 is 2.86 bits per heavy atom. The van der Waals surface area contributed by atoms with Crippen LogP contribution < -0.4 is 10.1 Å². The molecule has 2 fully saturated rings. The van der Waals surface area contributed by atoms with Gasteiger partial charge in [0.15, 0.2) is 0 Å². The Morgan fingerprint density at radius 2 is 2.18 bits per heavy atom. The maximum atomic E-state index is 10.0. The van der Waals surface area contributed by atoms with Gasteiger partial charge >= 0.3 is 0 Å². The van der Waals surface area contributed by atoms with Gasteiger partial charge in [-0.05, 0) is 48.5 Å². The van der Waals surface area contributed by atoms with Crippen molar-refractivity contribution >= 4 is 21.9 Å². The summed E-state index contributed by atoms with van der Waals surface area (Å²) >= 11 is 3.43. The molecule has 1 saturated carbocycles. The predicted molar refractivity (Wildman–Crippen MR) is 86.1 cm³/mol. The zero-order valence-electron chi connectivity index (χ0n) is 12.7. The van der Waals surface area contributed by atoms with Gasteiger partial charge in [-0.25, -0.2) is 4.98 Å². The van der Waals surface area contributed by atoms with Gasteiger partial charge in [0.25, 0.3) is 0 Å². The quantitative estimate of drug-likeness (QED) is 0.846. The van der Waals surface area contributed by atoms with Gasteiger partial charge < -0.3 is 19.9 Å². The van der Waals surface area contributed by atoms with Crippen molar-refractivity contribution in [1.82, 2.24) is 9.97 Å². The summed E-state index contributed by atoms with van der Waals surface area (Å²) in [6, 6.07) is 0.295. The number of hydrogen-bond acceptors (Lipinski definition) is 6. The minimum Gasteiger partial charge on any atom is -0.471 e. The third kappa shape index (κ3) is 4.08. The SMILES string of the molecule is CC1(O)CCC(Nc2ncc(Br)c(OC3CCOC3)n2)CC1. The molecule has 2 N–H and O–H groups in total. The van der Waals surface area contributed by atoms with E-state index in [9.17, 15) is 5.11 Å². The van der Waals surface area contributed by atoms with Crippen LogP contribution in [0, 0.1) is 0 Å². The van der Waals surface area contributed by atoms with E-state index in [0.29, 0.717) is 24.5 Å². The minimum atomic E-state index is -0.532. The second-order valence-electron chi connectivity index (χ2n) is 6.37. The molecule has 1 atom stereocenters.